The SMILES string of the molecule is O=C(N[C@@H]1CCC[C@H](c2nc3ccccc3[nH]2)C1)c1ccc2scnc2c1.O=C(O)C(F)(F)F. The zero-order valence-corrected chi connectivity index (χ0v) is 18.6. The second-order valence-electron chi connectivity index (χ2n) is 8.01. The van der Waals surface area contributed by atoms with Crippen LogP contribution in [0.2, 0.25) is 0 Å². The summed E-state index contributed by atoms with van der Waals surface area (Å²) in [5.41, 5.74) is 5.46. The van der Waals surface area contributed by atoms with Gasteiger partial charge in [-0.2, -0.15) is 13.2 Å². The summed E-state index contributed by atoms with van der Waals surface area (Å²) >= 11 is 1.59. The number of nitrogens with one attached hydrogen (secondary N) is 2. The molecule has 178 valence electrons. The summed E-state index contributed by atoms with van der Waals surface area (Å²) in [4.78, 5) is 34.1. The Hall–Kier alpha value is -3.47. The van der Waals surface area contributed by atoms with E-state index >= 15 is 0 Å². The quantitative estimate of drug-likeness (QED) is 0.363. The highest BCUT2D eigenvalue weighted by Crippen LogP contribution is 2.32. The molecule has 2 aromatic heterocycles. The number of carbonyl (C=O) groups is 2. The maximum Gasteiger partial charge on any atom is 0.490 e. The summed E-state index contributed by atoms with van der Waals surface area (Å²) in [6.07, 6.45) is -0.944. The van der Waals surface area contributed by atoms with Crippen LogP contribution in [-0.4, -0.2) is 44.2 Å². The number of carboxylic acid groups (broad SMARTS) is 1. The van der Waals surface area contributed by atoms with E-state index in [0.29, 0.717) is 11.5 Å². The monoisotopic (exact) mass is 490 g/mol. The molecule has 1 aliphatic rings. The molecule has 3 N–H and O–H groups in total. The number of carbonyl (C=O) groups excluding carboxylic acids is 1. The molecular weight excluding hydrogens is 469 g/mol. The maximum atomic E-state index is 12.7. The Morgan fingerprint density at radius 3 is 2.62 bits per heavy atom. The zero-order chi connectivity index (χ0) is 24.3. The molecule has 5 rings (SSSR count). The van der Waals surface area contributed by atoms with Crippen molar-refractivity contribution in [2.24, 2.45) is 0 Å². The highest BCUT2D eigenvalue weighted by atomic mass is 32.1. The number of aromatic amines is 1. The number of benzene rings is 2. The molecule has 2 aromatic carbocycles. The molecule has 34 heavy (non-hydrogen) atoms. The Labute approximate surface area is 196 Å². The number of nitrogens with zero attached hydrogens (tertiary/aromatic N) is 2. The average Bonchev–Trinajstić information content (AvgIpc) is 3.45. The normalized spacial score (nSPS) is 18.3. The number of hydrogen-bond donors (Lipinski definition) is 3. The van der Waals surface area contributed by atoms with E-state index in [2.05, 4.69) is 21.4 Å². The minimum atomic E-state index is -5.08. The van der Waals surface area contributed by atoms with Gasteiger partial charge in [0.15, 0.2) is 0 Å². The van der Waals surface area contributed by atoms with Crippen molar-refractivity contribution < 1.29 is 27.9 Å². The molecule has 0 radical (unpaired) electrons. The Morgan fingerprint density at radius 1 is 1.12 bits per heavy atom. The van der Waals surface area contributed by atoms with Crippen LogP contribution < -0.4 is 5.32 Å². The minimum absolute atomic E-state index is 0.0137. The highest BCUT2D eigenvalue weighted by Gasteiger charge is 2.38. The van der Waals surface area contributed by atoms with Crippen LogP contribution in [0, 0.1) is 0 Å². The molecule has 0 spiro atoms. The molecule has 2 heterocycles. The predicted octanol–water partition coefficient (Wildman–Crippen LogP) is 5.26. The summed E-state index contributed by atoms with van der Waals surface area (Å²) in [5, 5.41) is 10.3. The minimum Gasteiger partial charge on any atom is -0.475 e. The number of amides is 1. The van der Waals surface area contributed by atoms with Gasteiger partial charge in [0.05, 0.1) is 26.8 Å². The van der Waals surface area contributed by atoms with Gasteiger partial charge in [0.2, 0.25) is 0 Å². The Bertz CT molecular complexity index is 1280. The van der Waals surface area contributed by atoms with Crippen molar-refractivity contribution in [3.05, 3.63) is 59.4 Å². The number of carboxylic acids is 1. The average molecular weight is 491 g/mol. The molecule has 0 aliphatic heterocycles. The lowest BCUT2D eigenvalue weighted by molar-refractivity contribution is -0.192. The Morgan fingerprint density at radius 2 is 1.88 bits per heavy atom. The van der Waals surface area contributed by atoms with Crippen molar-refractivity contribution in [2.75, 3.05) is 0 Å². The van der Waals surface area contributed by atoms with Crippen LogP contribution in [0.1, 0.15) is 47.8 Å². The summed E-state index contributed by atoms with van der Waals surface area (Å²) in [6.45, 7) is 0. The molecule has 0 saturated heterocycles. The van der Waals surface area contributed by atoms with Crippen LogP contribution in [0.25, 0.3) is 21.3 Å². The molecule has 1 saturated carbocycles. The van der Waals surface area contributed by atoms with Gasteiger partial charge in [-0.15, -0.1) is 11.3 Å². The molecule has 4 aromatic rings. The molecule has 1 aliphatic carbocycles. The smallest absolute Gasteiger partial charge is 0.475 e. The van der Waals surface area contributed by atoms with Crippen LogP contribution in [0.4, 0.5) is 13.2 Å². The van der Waals surface area contributed by atoms with E-state index < -0.39 is 12.1 Å². The first-order valence-corrected chi connectivity index (χ1v) is 11.5. The first-order valence-electron chi connectivity index (χ1n) is 10.6. The number of alkyl halides is 3. The third-order valence-corrected chi connectivity index (χ3v) is 6.45. The van der Waals surface area contributed by atoms with Crippen LogP contribution in [0.3, 0.4) is 0 Å². The van der Waals surface area contributed by atoms with Gasteiger partial charge < -0.3 is 15.4 Å². The molecular formula is C23H21F3N4O3S. The van der Waals surface area contributed by atoms with Crippen molar-refractivity contribution in [1.29, 1.82) is 0 Å². The Kier molecular flexibility index (Phi) is 6.82. The van der Waals surface area contributed by atoms with Crippen LogP contribution in [0.5, 0.6) is 0 Å². The summed E-state index contributed by atoms with van der Waals surface area (Å²) in [7, 11) is 0. The van der Waals surface area contributed by atoms with E-state index in [1.54, 1.807) is 11.3 Å². The number of hydrogen-bond acceptors (Lipinski definition) is 5. The van der Waals surface area contributed by atoms with E-state index in [1.807, 2.05) is 41.9 Å². The predicted molar refractivity (Wildman–Crippen MR) is 122 cm³/mol. The topological polar surface area (TPSA) is 108 Å². The van der Waals surface area contributed by atoms with Gasteiger partial charge in [-0.25, -0.2) is 14.8 Å². The Balaban J connectivity index is 0.000000344. The molecule has 2 atom stereocenters. The number of fused-ring (bicyclic) bond motifs is 2. The van der Waals surface area contributed by atoms with Crippen LogP contribution in [0.15, 0.2) is 48.0 Å². The lowest BCUT2D eigenvalue weighted by atomic mass is 9.85. The van der Waals surface area contributed by atoms with E-state index in [1.165, 1.54) is 0 Å². The first kappa shape index (κ1) is 23.7. The van der Waals surface area contributed by atoms with Gasteiger partial charge >= 0.3 is 12.1 Å². The summed E-state index contributed by atoms with van der Waals surface area (Å²) in [6, 6.07) is 14.0. The summed E-state index contributed by atoms with van der Waals surface area (Å²) < 4.78 is 32.8. The number of imidazole rings is 1. The lowest BCUT2D eigenvalue weighted by Gasteiger charge is -2.28. The molecule has 11 heteroatoms. The van der Waals surface area contributed by atoms with Gasteiger partial charge in [0.25, 0.3) is 5.91 Å². The zero-order valence-electron chi connectivity index (χ0n) is 17.8. The number of aliphatic carboxylic acids is 1. The molecule has 1 fully saturated rings. The van der Waals surface area contributed by atoms with E-state index in [4.69, 9.17) is 14.9 Å². The van der Waals surface area contributed by atoms with Gasteiger partial charge in [0, 0.05) is 17.5 Å². The number of para-hydroxylation sites is 2. The third kappa shape index (κ3) is 5.53. The molecule has 0 unspecified atom stereocenters. The second-order valence-corrected chi connectivity index (χ2v) is 8.90. The van der Waals surface area contributed by atoms with E-state index in [-0.39, 0.29) is 11.9 Å². The number of aromatic nitrogens is 3. The fourth-order valence-electron chi connectivity index (χ4n) is 4.00. The molecule has 7 nitrogen and oxygen atoms in total. The number of thiazole rings is 1. The second kappa shape index (κ2) is 9.80. The maximum absolute atomic E-state index is 12.7. The fraction of sp³-hybridized carbons (Fsp3) is 0.304. The van der Waals surface area contributed by atoms with Crippen molar-refractivity contribution in [3.8, 4) is 0 Å². The van der Waals surface area contributed by atoms with Gasteiger partial charge in [-0.05, 0) is 49.6 Å². The number of H-pyrrole nitrogens is 1. The van der Waals surface area contributed by atoms with Crippen molar-refractivity contribution in [1.82, 2.24) is 20.3 Å². The van der Waals surface area contributed by atoms with Gasteiger partial charge in [-0.1, -0.05) is 18.6 Å². The fourth-order valence-corrected chi connectivity index (χ4v) is 4.66. The van der Waals surface area contributed by atoms with E-state index in [0.717, 1.165) is 52.8 Å². The molecule has 1 amide bonds. The van der Waals surface area contributed by atoms with Gasteiger partial charge in [0.1, 0.15) is 5.82 Å². The van der Waals surface area contributed by atoms with Crippen LogP contribution >= 0.6 is 11.3 Å². The van der Waals surface area contributed by atoms with Crippen molar-refractivity contribution >= 4 is 44.5 Å². The standard InChI is InChI=1S/C21H20N4OS.C2HF3O2/c26-21(14-8-9-19-18(11-14)22-12-27-19)23-15-5-3-4-13(10-15)20-24-16-6-1-2-7-17(16)25-20;3-2(4,5)1(6)7/h1-2,6-9,11-13,15H,3-5,10H2,(H,23,26)(H,24,25);(H,6,7)/t13-,15+;/m0./s1. The molecule has 0 bridgehead atoms. The lowest BCUT2D eigenvalue weighted by Crippen LogP contribution is -2.38. The highest BCUT2D eigenvalue weighted by molar-refractivity contribution is 7.16. The van der Waals surface area contributed by atoms with Crippen molar-refractivity contribution in [3.63, 3.8) is 0 Å². The largest absolute Gasteiger partial charge is 0.490 e. The van der Waals surface area contributed by atoms with Gasteiger partial charge in [-0.3, -0.25) is 4.79 Å². The number of rotatable bonds is 3. The third-order valence-electron chi connectivity index (χ3n) is 5.64. The first-order chi connectivity index (χ1) is 16.2. The summed E-state index contributed by atoms with van der Waals surface area (Å²) in [5.74, 6) is -1.37. The number of halogens is 3. The van der Waals surface area contributed by atoms with Crippen molar-refractivity contribution in [2.45, 2.75) is 43.8 Å². The van der Waals surface area contributed by atoms with E-state index in [9.17, 15) is 18.0 Å². The van der Waals surface area contributed by atoms with Crippen LogP contribution in [-0.2, 0) is 4.79 Å².